The molecular formula is C10H10N2O3. The van der Waals surface area contributed by atoms with Gasteiger partial charge in [-0.15, -0.1) is 0 Å². The number of carbonyl (C=O) groups excluding carboxylic acids is 2. The Morgan fingerprint density at radius 3 is 3.13 bits per heavy atom. The first-order valence-electron chi connectivity index (χ1n) is 4.55. The van der Waals surface area contributed by atoms with Crippen molar-refractivity contribution in [2.24, 2.45) is 4.99 Å². The first-order valence-corrected chi connectivity index (χ1v) is 4.55. The van der Waals surface area contributed by atoms with Gasteiger partial charge in [0.25, 0.3) is 0 Å². The van der Waals surface area contributed by atoms with E-state index >= 15 is 0 Å². The van der Waals surface area contributed by atoms with Crippen LogP contribution in [0.15, 0.2) is 29.4 Å². The number of ether oxygens (including phenoxy) is 1. The molecular weight excluding hydrogens is 196 g/mol. The highest BCUT2D eigenvalue weighted by molar-refractivity contribution is 6.07. The maximum absolute atomic E-state index is 11.4. The molecule has 2 aliphatic rings. The molecule has 1 atom stereocenters. The Balaban J connectivity index is 2.32. The normalized spacial score (nSPS) is 23.5. The zero-order valence-corrected chi connectivity index (χ0v) is 8.21. The fraction of sp³-hybridized carbons (Fsp3) is 0.300. The molecule has 0 aromatic heterocycles. The van der Waals surface area contributed by atoms with Gasteiger partial charge in [0.15, 0.2) is 0 Å². The smallest absolute Gasteiger partial charge is 0.329 e. The number of esters is 1. The van der Waals surface area contributed by atoms with Crippen molar-refractivity contribution < 1.29 is 14.3 Å². The van der Waals surface area contributed by atoms with Crippen molar-refractivity contribution >= 4 is 17.7 Å². The Hall–Kier alpha value is -1.91. The van der Waals surface area contributed by atoms with Gasteiger partial charge in [0.05, 0.1) is 13.5 Å². The molecule has 2 aliphatic heterocycles. The third-order valence-electron chi connectivity index (χ3n) is 2.28. The van der Waals surface area contributed by atoms with E-state index < -0.39 is 12.0 Å². The summed E-state index contributed by atoms with van der Waals surface area (Å²) in [6, 6.07) is -0.587. The van der Waals surface area contributed by atoms with Crippen molar-refractivity contribution in [3.05, 3.63) is 24.4 Å². The summed E-state index contributed by atoms with van der Waals surface area (Å²) in [6.07, 6.45) is 7.02. The molecule has 15 heavy (non-hydrogen) atoms. The second kappa shape index (κ2) is 3.68. The third kappa shape index (κ3) is 1.68. The van der Waals surface area contributed by atoms with Gasteiger partial charge in [-0.25, -0.2) is 4.79 Å². The Morgan fingerprint density at radius 2 is 2.40 bits per heavy atom. The SMILES string of the molecule is COC(=O)[C@@H]1CC(=O)N=C2C=CC=CN21. The van der Waals surface area contributed by atoms with E-state index in [9.17, 15) is 9.59 Å². The summed E-state index contributed by atoms with van der Waals surface area (Å²) < 4.78 is 4.64. The highest BCUT2D eigenvalue weighted by Gasteiger charge is 2.33. The Morgan fingerprint density at radius 1 is 1.60 bits per heavy atom. The van der Waals surface area contributed by atoms with Crippen LogP contribution in [0.1, 0.15) is 6.42 Å². The Kier molecular flexibility index (Phi) is 2.37. The lowest BCUT2D eigenvalue weighted by molar-refractivity contribution is -0.146. The Bertz CT molecular complexity index is 395. The number of hydrogen-bond acceptors (Lipinski definition) is 4. The van der Waals surface area contributed by atoms with Crippen LogP contribution in [0.5, 0.6) is 0 Å². The highest BCUT2D eigenvalue weighted by Crippen LogP contribution is 2.18. The van der Waals surface area contributed by atoms with Crippen molar-refractivity contribution in [1.82, 2.24) is 4.90 Å². The summed E-state index contributed by atoms with van der Waals surface area (Å²) in [6.45, 7) is 0. The van der Waals surface area contributed by atoms with Gasteiger partial charge in [0, 0.05) is 6.20 Å². The van der Waals surface area contributed by atoms with Crippen molar-refractivity contribution in [2.45, 2.75) is 12.5 Å². The van der Waals surface area contributed by atoms with E-state index in [2.05, 4.69) is 9.73 Å². The van der Waals surface area contributed by atoms with Crippen LogP contribution in [0, 0.1) is 0 Å². The number of carbonyl (C=O) groups is 2. The van der Waals surface area contributed by atoms with Gasteiger partial charge in [-0.2, -0.15) is 4.99 Å². The third-order valence-corrected chi connectivity index (χ3v) is 2.28. The largest absolute Gasteiger partial charge is 0.467 e. The lowest BCUT2D eigenvalue weighted by atomic mass is 10.1. The van der Waals surface area contributed by atoms with E-state index in [1.165, 1.54) is 7.11 Å². The van der Waals surface area contributed by atoms with E-state index in [1.807, 2.05) is 0 Å². The lowest BCUT2D eigenvalue weighted by Gasteiger charge is -2.31. The topological polar surface area (TPSA) is 59.0 Å². The molecule has 0 N–H and O–H groups in total. The molecule has 0 aromatic carbocycles. The molecule has 0 saturated heterocycles. The van der Waals surface area contributed by atoms with Crippen LogP contribution < -0.4 is 0 Å². The fourth-order valence-corrected chi connectivity index (χ4v) is 1.58. The number of aliphatic imine (C=N–C) groups is 1. The summed E-state index contributed by atoms with van der Waals surface area (Å²) in [5.74, 6) is -0.226. The number of methoxy groups -OCH3 is 1. The van der Waals surface area contributed by atoms with Crippen LogP contribution in [0.25, 0.3) is 0 Å². The van der Waals surface area contributed by atoms with E-state index in [1.54, 1.807) is 29.3 Å². The van der Waals surface area contributed by atoms with E-state index in [0.29, 0.717) is 5.84 Å². The molecule has 0 spiro atoms. The number of amidine groups is 1. The molecule has 2 heterocycles. The van der Waals surface area contributed by atoms with Gasteiger partial charge in [-0.1, -0.05) is 6.08 Å². The summed E-state index contributed by atoms with van der Waals surface area (Å²) in [4.78, 5) is 28.2. The van der Waals surface area contributed by atoms with Crippen LogP contribution in [0.2, 0.25) is 0 Å². The second-order valence-electron chi connectivity index (χ2n) is 3.21. The first kappa shape index (κ1) is 9.64. The standard InChI is InChI=1S/C10H10N2O3/c1-15-10(14)7-6-9(13)11-8-4-2-3-5-12(7)8/h2-5,7H,6H2,1H3/t7-/m0/s1. The van der Waals surface area contributed by atoms with Gasteiger partial charge in [0.1, 0.15) is 11.9 Å². The minimum atomic E-state index is -0.587. The van der Waals surface area contributed by atoms with Crippen molar-refractivity contribution in [2.75, 3.05) is 7.11 Å². The minimum Gasteiger partial charge on any atom is -0.467 e. The second-order valence-corrected chi connectivity index (χ2v) is 3.21. The average molecular weight is 206 g/mol. The van der Waals surface area contributed by atoms with Crippen molar-refractivity contribution in [3.63, 3.8) is 0 Å². The van der Waals surface area contributed by atoms with Crippen molar-refractivity contribution in [1.29, 1.82) is 0 Å². The molecule has 5 nitrogen and oxygen atoms in total. The predicted molar refractivity (Wildman–Crippen MR) is 53.0 cm³/mol. The van der Waals surface area contributed by atoms with E-state index in [0.717, 1.165) is 0 Å². The molecule has 0 radical (unpaired) electrons. The summed E-state index contributed by atoms with van der Waals surface area (Å²) in [7, 11) is 1.31. The zero-order chi connectivity index (χ0) is 10.8. The lowest BCUT2D eigenvalue weighted by Crippen LogP contribution is -2.46. The molecule has 0 fully saturated rings. The average Bonchev–Trinajstić information content (AvgIpc) is 2.26. The maximum Gasteiger partial charge on any atom is 0.329 e. The van der Waals surface area contributed by atoms with Gasteiger partial charge in [0.2, 0.25) is 5.91 Å². The van der Waals surface area contributed by atoms with E-state index in [4.69, 9.17) is 0 Å². The van der Waals surface area contributed by atoms with Crippen molar-refractivity contribution in [3.8, 4) is 0 Å². The molecule has 0 aromatic rings. The number of rotatable bonds is 1. The van der Waals surface area contributed by atoms with Crippen LogP contribution in [-0.2, 0) is 14.3 Å². The molecule has 78 valence electrons. The summed E-state index contributed by atoms with van der Waals surface area (Å²) in [5.41, 5.74) is 0. The molecule has 2 rings (SSSR count). The van der Waals surface area contributed by atoms with Crippen LogP contribution in [0.3, 0.4) is 0 Å². The minimum absolute atomic E-state index is 0.0638. The van der Waals surface area contributed by atoms with Crippen LogP contribution >= 0.6 is 0 Å². The fourth-order valence-electron chi connectivity index (χ4n) is 1.58. The number of nitrogens with zero attached hydrogens (tertiary/aromatic N) is 2. The quantitative estimate of drug-likeness (QED) is 0.577. The number of fused-ring (bicyclic) bond motifs is 1. The molecule has 0 aliphatic carbocycles. The van der Waals surface area contributed by atoms with Gasteiger partial charge >= 0.3 is 5.97 Å². The van der Waals surface area contributed by atoms with Gasteiger partial charge in [-0.3, -0.25) is 4.79 Å². The van der Waals surface area contributed by atoms with Gasteiger partial charge in [-0.05, 0) is 12.2 Å². The number of hydrogen-bond donors (Lipinski definition) is 0. The summed E-state index contributed by atoms with van der Waals surface area (Å²) >= 11 is 0. The van der Waals surface area contributed by atoms with Gasteiger partial charge < -0.3 is 9.64 Å². The van der Waals surface area contributed by atoms with E-state index in [-0.39, 0.29) is 12.3 Å². The first-order chi connectivity index (χ1) is 7.22. The molecule has 0 unspecified atom stereocenters. The van der Waals surface area contributed by atoms with Crippen LogP contribution in [-0.4, -0.2) is 35.8 Å². The monoisotopic (exact) mass is 206 g/mol. The number of allylic oxidation sites excluding steroid dienone is 2. The zero-order valence-electron chi connectivity index (χ0n) is 8.21. The number of amides is 1. The summed E-state index contributed by atoms with van der Waals surface area (Å²) in [5, 5.41) is 0. The Labute approximate surface area is 86.7 Å². The highest BCUT2D eigenvalue weighted by atomic mass is 16.5. The molecule has 1 amide bonds. The molecule has 0 bridgehead atoms. The maximum atomic E-state index is 11.4. The van der Waals surface area contributed by atoms with Crippen LogP contribution in [0.4, 0.5) is 0 Å². The predicted octanol–water partition coefficient (Wildman–Crippen LogP) is 0.242. The molecule has 0 saturated carbocycles. The molecule has 5 heteroatoms.